The van der Waals surface area contributed by atoms with Crippen molar-refractivity contribution in [3.63, 3.8) is 0 Å². The van der Waals surface area contributed by atoms with Crippen LogP contribution in [-0.4, -0.2) is 41.2 Å². The number of carbonyl (C=O) groups is 3. The minimum Gasteiger partial charge on any atom is -0.465 e. The van der Waals surface area contributed by atoms with Crippen molar-refractivity contribution in [3.8, 4) is 0 Å². The van der Waals surface area contributed by atoms with E-state index in [1.807, 2.05) is 0 Å². The number of anilines is 2. The van der Waals surface area contributed by atoms with Crippen LogP contribution in [0.15, 0.2) is 5.38 Å². The molecule has 0 radical (unpaired) electrons. The Morgan fingerprint density at radius 2 is 1.93 bits per heavy atom. The monoisotopic (exact) mass is 424 g/mol. The van der Waals surface area contributed by atoms with E-state index in [1.165, 1.54) is 22.7 Å². The molecule has 2 N–H and O–H groups in total. The van der Waals surface area contributed by atoms with Crippen molar-refractivity contribution in [1.29, 1.82) is 0 Å². The molecular weight excluding hydrogens is 404 g/mol. The fraction of sp³-hybridized carbons (Fsp3) is 0.471. The SMILES string of the molecule is CCOC(=O)Nc1nc(CC(=O)Nc2nc3c(s2)CCC3C(=O)OCC)cs1. The first-order valence-corrected chi connectivity index (χ1v) is 10.5. The number of hydrogen-bond acceptors (Lipinski definition) is 9. The van der Waals surface area contributed by atoms with Crippen molar-refractivity contribution in [2.45, 2.75) is 39.0 Å². The van der Waals surface area contributed by atoms with Crippen molar-refractivity contribution in [2.75, 3.05) is 23.8 Å². The van der Waals surface area contributed by atoms with Crippen LogP contribution >= 0.6 is 22.7 Å². The fourth-order valence-electron chi connectivity index (χ4n) is 2.78. The molecule has 11 heteroatoms. The first kappa shape index (κ1) is 20.2. The van der Waals surface area contributed by atoms with Crippen molar-refractivity contribution in [2.24, 2.45) is 0 Å². The minimum absolute atomic E-state index is 0.0482. The van der Waals surface area contributed by atoms with Crippen LogP contribution in [0.5, 0.6) is 0 Å². The zero-order chi connectivity index (χ0) is 20.1. The molecule has 2 aromatic rings. The molecular formula is C17H20N4O5S2. The van der Waals surface area contributed by atoms with E-state index in [4.69, 9.17) is 9.47 Å². The van der Waals surface area contributed by atoms with E-state index in [-0.39, 0.29) is 30.8 Å². The maximum absolute atomic E-state index is 12.3. The third-order valence-electron chi connectivity index (χ3n) is 3.91. The smallest absolute Gasteiger partial charge is 0.413 e. The van der Waals surface area contributed by atoms with Crippen LogP contribution in [-0.2, 0) is 31.9 Å². The summed E-state index contributed by atoms with van der Waals surface area (Å²) in [5.74, 6) is -0.895. The number of aromatic nitrogens is 2. The summed E-state index contributed by atoms with van der Waals surface area (Å²) in [6, 6.07) is 0. The number of esters is 1. The highest BCUT2D eigenvalue weighted by molar-refractivity contribution is 7.16. The van der Waals surface area contributed by atoms with Crippen LogP contribution in [0.2, 0.25) is 0 Å². The number of amides is 2. The molecule has 0 saturated heterocycles. The van der Waals surface area contributed by atoms with Crippen molar-refractivity contribution in [3.05, 3.63) is 21.6 Å². The zero-order valence-electron chi connectivity index (χ0n) is 15.4. The van der Waals surface area contributed by atoms with Gasteiger partial charge in [-0.2, -0.15) is 0 Å². The normalized spacial score (nSPS) is 15.0. The van der Waals surface area contributed by atoms with Gasteiger partial charge in [0, 0.05) is 10.3 Å². The average Bonchev–Trinajstić information content (AvgIpc) is 3.31. The lowest BCUT2D eigenvalue weighted by Gasteiger charge is -2.07. The third kappa shape index (κ3) is 4.84. The Morgan fingerprint density at radius 3 is 2.68 bits per heavy atom. The molecule has 1 aliphatic rings. The highest BCUT2D eigenvalue weighted by Gasteiger charge is 2.33. The Balaban J connectivity index is 1.56. The van der Waals surface area contributed by atoms with Crippen molar-refractivity contribution >= 4 is 50.9 Å². The summed E-state index contributed by atoms with van der Waals surface area (Å²) in [5.41, 5.74) is 1.23. The first-order valence-electron chi connectivity index (χ1n) is 8.84. The highest BCUT2D eigenvalue weighted by atomic mass is 32.1. The number of nitrogens with zero attached hydrogens (tertiary/aromatic N) is 2. The number of nitrogens with one attached hydrogen (secondary N) is 2. The van der Waals surface area contributed by atoms with Gasteiger partial charge in [0.2, 0.25) is 5.91 Å². The molecule has 0 saturated carbocycles. The Labute approximate surface area is 169 Å². The second-order valence-corrected chi connectivity index (χ2v) is 7.83. The largest absolute Gasteiger partial charge is 0.465 e. The third-order valence-corrected chi connectivity index (χ3v) is 5.77. The predicted molar refractivity (Wildman–Crippen MR) is 105 cm³/mol. The molecule has 150 valence electrons. The number of ether oxygens (including phenoxy) is 2. The predicted octanol–water partition coefficient (Wildman–Crippen LogP) is 2.94. The topological polar surface area (TPSA) is 120 Å². The first-order chi connectivity index (χ1) is 13.5. The molecule has 1 unspecified atom stereocenters. The Morgan fingerprint density at radius 1 is 1.14 bits per heavy atom. The van der Waals surface area contributed by atoms with E-state index in [1.54, 1.807) is 19.2 Å². The molecule has 28 heavy (non-hydrogen) atoms. The van der Waals surface area contributed by atoms with Gasteiger partial charge in [-0.3, -0.25) is 14.9 Å². The number of aryl methyl sites for hydroxylation is 1. The summed E-state index contributed by atoms with van der Waals surface area (Å²) in [4.78, 5) is 45.3. The van der Waals surface area contributed by atoms with Gasteiger partial charge in [-0.1, -0.05) is 0 Å². The van der Waals surface area contributed by atoms with Gasteiger partial charge in [-0.25, -0.2) is 14.8 Å². The van der Waals surface area contributed by atoms with E-state index in [9.17, 15) is 14.4 Å². The van der Waals surface area contributed by atoms with Gasteiger partial charge < -0.3 is 14.8 Å². The molecule has 9 nitrogen and oxygen atoms in total. The molecule has 1 atom stereocenters. The number of rotatable bonds is 7. The minimum atomic E-state index is -0.582. The second kappa shape index (κ2) is 9.11. The zero-order valence-corrected chi connectivity index (χ0v) is 17.1. The summed E-state index contributed by atoms with van der Waals surface area (Å²) in [7, 11) is 0. The van der Waals surface area contributed by atoms with Gasteiger partial charge >= 0.3 is 12.1 Å². The standard InChI is InChI=1S/C17H20N4O5S2/c1-3-25-14(23)10-5-6-11-13(10)20-16(28-11)19-12(22)7-9-8-27-15(18-9)21-17(24)26-4-2/h8,10H,3-7H2,1-2H3,(H,18,21,24)(H,19,20,22). The van der Waals surface area contributed by atoms with E-state index >= 15 is 0 Å². The number of fused-ring (bicyclic) bond motifs is 1. The molecule has 2 heterocycles. The molecule has 0 fully saturated rings. The quantitative estimate of drug-likeness (QED) is 0.656. The maximum atomic E-state index is 12.3. The van der Waals surface area contributed by atoms with Crippen LogP contribution in [0.3, 0.4) is 0 Å². The molecule has 2 amide bonds. The van der Waals surface area contributed by atoms with Gasteiger partial charge in [-0.15, -0.1) is 22.7 Å². The van der Waals surface area contributed by atoms with Crippen LogP contribution in [0, 0.1) is 0 Å². The van der Waals surface area contributed by atoms with Gasteiger partial charge in [0.1, 0.15) is 5.92 Å². The number of hydrogen-bond donors (Lipinski definition) is 2. The van der Waals surface area contributed by atoms with Crippen molar-refractivity contribution in [1.82, 2.24) is 9.97 Å². The lowest BCUT2D eigenvalue weighted by Crippen LogP contribution is -2.16. The van der Waals surface area contributed by atoms with E-state index in [0.717, 1.165) is 11.3 Å². The Hall–Kier alpha value is -2.53. The van der Waals surface area contributed by atoms with Gasteiger partial charge in [0.25, 0.3) is 0 Å². The Bertz CT molecular complexity index is 879. The van der Waals surface area contributed by atoms with Crippen LogP contribution in [0.4, 0.5) is 15.1 Å². The summed E-state index contributed by atoms with van der Waals surface area (Å²) in [6.07, 6.45) is 0.908. The van der Waals surface area contributed by atoms with Crippen LogP contribution in [0.25, 0.3) is 0 Å². The van der Waals surface area contributed by atoms with E-state index < -0.39 is 6.09 Å². The summed E-state index contributed by atoms with van der Waals surface area (Å²) in [5, 5.41) is 7.77. The summed E-state index contributed by atoms with van der Waals surface area (Å²) in [6.45, 7) is 4.08. The van der Waals surface area contributed by atoms with Crippen LogP contribution < -0.4 is 10.6 Å². The number of thiazole rings is 2. The van der Waals surface area contributed by atoms with Crippen LogP contribution in [0.1, 0.15) is 42.5 Å². The average molecular weight is 425 g/mol. The van der Waals surface area contributed by atoms with Crippen molar-refractivity contribution < 1.29 is 23.9 Å². The molecule has 0 aromatic carbocycles. The molecule has 0 aliphatic heterocycles. The molecule has 0 bridgehead atoms. The molecule has 2 aromatic heterocycles. The summed E-state index contributed by atoms with van der Waals surface area (Å²) >= 11 is 2.59. The second-order valence-electron chi connectivity index (χ2n) is 5.89. The Kier molecular flexibility index (Phi) is 6.57. The highest BCUT2D eigenvalue weighted by Crippen LogP contribution is 2.39. The summed E-state index contributed by atoms with van der Waals surface area (Å²) < 4.78 is 9.87. The molecule has 1 aliphatic carbocycles. The van der Waals surface area contributed by atoms with E-state index in [0.29, 0.717) is 34.7 Å². The van der Waals surface area contributed by atoms with Gasteiger partial charge in [0.15, 0.2) is 10.3 Å². The van der Waals surface area contributed by atoms with Gasteiger partial charge in [-0.05, 0) is 26.7 Å². The molecule has 0 spiro atoms. The molecule has 3 rings (SSSR count). The lowest BCUT2D eigenvalue weighted by molar-refractivity contribution is -0.145. The van der Waals surface area contributed by atoms with E-state index in [2.05, 4.69) is 20.6 Å². The number of carbonyl (C=O) groups excluding carboxylic acids is 3. The van der Waals surface area contributed by atoms with Gasteiger partial charge in [0.05, 0.1) is 31.0 Å². The fourth-order valence-corrected chi connectivity index (χ4v) is 4.53. The maximum Gasteiger partial charge on any atom is 0.413 e. The lowest BCUT2D eigenvalue weighted by atomic mass is 10.1.